The monoisotopic (exact) mass is 327 g/mol. The standard InChI is InChI=1S/C19H37NO3/c1-3-5-7-8-9-10-11-13-15-19(23)20-17(16-21)18(22)14-12-6-4-2/h12,14,17-18,21-22H,3-11,13,15-16H2,1-2H3,(H,20,23)/b14-12+. The van der Waals surface area contributed by atoms with Crippen molar-refractivity contribution in [2.75, 3.05) is 6.61 Å². The maximum atomic E-state index is 11.9. The third kappa shape index (κ3) is 13.3. The van der Waals surface area contributed by atoms with Crippen LogP contribution in [0.2, 0.25) is 0 Å². The number of amides is 1. The molecule has 23 heavy (non-hydrogen) atoms. The van der Waals surface area contributed by atoms with Crippen LogP contribution < -0.4 is 5.32 Å². The molecule has 0 spiro atoms. The Morgan fingerprint density at radius 3 is 2.17 bits per heavy atom. The van der Waals surface area contributed by atoms with Gasteiger partial charge in [-0.05, 0) is 12.8 Å². The van der Waals surface area contributed by atoms with Crippen molar-refractivity contribution in [1.29, 1.82) is 0 Å². The van der Waals surface area contributed by atoms with Gasteiger partial charge in [-0.25, -0.2) is 0 Å². The highest BCUT2D eigenvalue weighted by Crippen LogP contribution is 2.09. The molecule has 2 atom stereocenters. The fourth-order valence-corrected chi connectivity index (χ4v) is 2.47. The molecule has 0 aromatic rings. The molecule has 1 amide bonds. The molecule has 0 aliphatic rings. The third-order valence-corrected chi connectivity index (χ3v) is 4.00. The molecule has 2 unspecified atom stereocenters. The van der Waals surface area contributed by atoms with E-state index in [2.05, 4.69) is 19.2 Å². The quantitative estimate of drug-likeness (QED) is 0.317. The van der Waals surface area contributed by atoms with E-state index in [-0.39, 0.29) is 12.5 Å². The number of nitrogens with one attached hydrogen (secondary N) is 1. The molecular weight excluding hydrogens is 290 g/mol. The zero-order valence-electron chi connectivity index (χ0n) is 15.1. The Bertz CT molecular complexity index is 305. The minimum Gasteiger partial charge on any atom is -0.394 e. The third-order valence-electron chi connectivity index (χ3n) is 4.00. The van der Waals surface area contributed by atoms with Crippen LogP contribution in [0.25, 0.3) is 0 Å². The maximum Gasteiger partial charge on any atom is 0.220 e. The summed E-state index contributed by atoms with van der Waals surface area (Å²) in [6, 6.07) is -0.607. The summed E-state index contributed by atoms with van der Waals surface area (Å²) >= 11 is 0. The van der Waals surface area contributed by atoms with E-state index < -0.39 is 12.1 Å². The normalized spacial score (nSPS) is 14.1. The molecule has 3 N–H and O–H groups in total. The molecule has 0 fully saturated rings. The lowest BCUT2D eigenvalue weighted by molar-refractivity contribution is -0.123. The van der Waals surface area contributed by atoms with Crippen molar-refractivity contribution < 1.29 is 15.0 Å². The number of hydrogen-bond acceptors (Lipinski definition) is 3. The zero-order valence-corrected chi connectivity index (χ0v) is 15.1. The highest BCUT2D eigenvalue weighted by Gasteiger charge is 2.17. The minimum absolute atomic E-state index is 0.0852. The highest BCUT2D eigenvalue weighted by molar-refractivity contribution is 5.76. The van der Waals surface area contributed by atoms with Crippen molar-refractivity contribution in [3.05, 3.63) is 12.2 Å². The van der Waals surface area contributed by atoms with Crippen molar-refractivity contribution in [3.63, 3.8) is 0 Å². The van der Waals surface area contributed by atoms with Crippen LogP contribution >= 0.6 is 0 Å². The second-order valence-corrected chi connectivity index (χ2v) is 6.29. The predicted octanol–water partition coefficient (Wildman–Crippen LogP) is 3.71. The van der Waals surface area contributed by atoms with Gasteiger partial charge in [-0.2, -0.15) is 0 Å². The van der Waals surface area contributed by atoms with Crippen molar-refractivity contribution in [2.24, 2.45) is 0 Å². The average molecular weight is 328 g/mol. The molecule has 0 aliphatic heterocycles. The number of rotatable bonds is 15. The summed E-state index contributed by atoms with van der Waals surface area (Å²) in [5.74, 6) is -0.0852. The van der Waals surface area contributed by atoms with Gasteiger partial charge in [0, 0.05) is 6.42 Å². The van der Waals surface area contributed by atoms with E-state index in [9.17, 15) is 15.0 Å². The Balaban J connectivity index is 3.76. The topological polar surface area (TPSA) is 69.6 Å². The lowest BCUT2D eigenvalue weighted by Crippen LogP contribution is -2.45. The fourth-order valence-electron chi connectivity index (χ4n) is 2.47. The van der Waals surface area contributed by atoms with E-state index in [1.165, 1.54) is 38.5 Å². The number of carbonyl (C=O) groups is 1. The highest BCUT2D eigenvalue weighted by atomic mass is 16.3. The summed E-state index contributed by atoms with van der Waals surface area (Å²) in [7, 11) is 0. The van der Waals surface area contributed by atoms with Crippen LogP contribution in [0.5, 0.6) is 0 Å². The Morgan fingerprint density at radius 2 is 1.61 bits per heavy atom. The smallest absolute Gasteiger partial charge is 0.220 e. The van der Waals surface area contributed by atoms with E-state index >= 15 is 0 Å². The van der Waals surface area contributed by atoms with E-state index in [1.807, 2.05) is 6.08 Å². The molecule has 4 nitrogen and oxygen atoms in total. The number of allylic oxidation sites excluding steroid dienone is 1. The van der Waals surface area contributed by atoms with Crippen LogP contribution in [-0.4, -0.2) is 34.9 Å². The molecule has 0 rings (SSSR count). The first-order chi connectivity index (χ1) is 11.2. The lowest BCUT2D eigenvalue weighted by atomic mass is 10.1. The van der Waals surface area contributed by atoms with Crippen molar-refractivity contribution in [3.8, 4) is 0 Å². The van der Waals surface area contributed by atoms with Gasteiger partial charge in [0.1, 0.15) is 0 Å². The van der Waals surface area contributed by atoms with Gasteiger partial charge >= 0.3 is 0 Å². The first-order valence-corrected chi connectivity index (χ1v) is 9.40. The number of unbranched alkanes of at least 4 members (excludes halogenated alkanes) is 8. The van der Waals surface area contributed by atoms with Crippen LogP contribution in [0.4, 0.5) is 0 Å². The molecule has 0 aromatic heterocycles. The molecule has 0 radical (unpaired) electrons. The first kappa shape index (κ1) is 22.1. The molecule has 0 saturated heterocycles. The van der Waals surface area contributed by atoms with Gasteiger partial charge in [-0.3, -0.25) is 4.79 Å². The second kappa shape index (κ2) is 16.0. The maximum absolute atomic E-state index is 11.9. The number of carbonyl (C=O) groups excluding carboxylic acids is 1. The van der Waals surface area contributed by atoms with Gasteiger partial charge in [0.15, 0.2) is 0 Å². The van der Waals surface area contributed by atoms with Crippen LogP contribution in [0, 0.1) is 0 Å². The Labute approximate surface area is 142 Å². The predicted molar refractivity (Wildman–Crippen MR) is 96.3 cm³/mol. The Morgan fingerprint density at radius 1 is 1.00 bits per heavy atom. The van der Waals surface area contributed by atoms with E-state index in [0.717, 1.165) is 25.7 Å². The summed E-state index contributed by atoms with van der Waals surface area (Å²) in [5, 5.41) is 22.0. The van der Waals surface area contributed by atoms with Crippen molar-refractivity contribution >= 4 is 5.91 Å². The van der Waals surface area contributed by atoms with Crippen LogP contribution in [0.15, 0.2) is 12.2 Å². The molecule has 0 heterocycles. The van der Waals surface area contributed by atoms with Gasteiger partial charge in [0.25, 0.3) is 0 Å². The molecular formula is C19H37NO3. The van der Waals surface area contributed by atoms with Crippen LogP contribution in [0.3, 0.4) is 0 Å². The van der Waals surface area contributed by atoms with Crippen LogP contribution in [0.1, 0.15) is 84.5 Å². The summed E-state index contributed by atoms with van der Waals surface area (Å²) in [6.45, 7) is 4.03. The van der Waals surface area contributed by atoms with Gasteiger partial charge < -0.3 is 15.5 Å². The Kier molecular flexibility index (Phi) is 15.4. The molecule has 0 aliphatic carbocycles. The first-order valence-electron chi connectivity index (χ1n) is 9.40. The molecule has 4 heteroatoms. The second-order valence-electron chi connectivity index (χ2n) is 6.29. The molecule has 136 valence electrons. The summed E-state index contributed by atoms with van der Waals surface area (Å²) in [6.07, 6.45) is 14.7. The van der Waals surface area contributed by atoms with Gasteiger partial charge in [0.2, 0.25) is 5.91 Å². The number of aliphatic hydroxyl groups is 2. The van der Waals surface area contributed by atoms with E-state index in [0.29, 0.717) is 6.42 Å². The molecule has 0 bridgehead atoms. The summed E-state index contributed by atoms with van der Waals surface area (Å²) in [4.78, 5) is 11.9. The van der Waals surface area contributed by atoms with Gasteiger partial charge in [-0.15, -0.1) is 0 Å². The zero-order chi connectivity index (χ0) is 17.3. The Hall–Kier alpha value is -0.870. The van der Waals surface area contributed by atoms with Crippen molar-refractivity contribution in [1.82, 2.24) is 5.32 Å². The molecule has 0 aromatic carbocycles. The number of aliphatic hydroxyl groups excluding tert-OH is 2. The fraction of sp³-hybridized carbons (Fsp3) is 0.842. The van der Waals surface area contributed by atoms with Gasteiger partial charge in [-0.1, -0.05) is 77.4 Å². The average Bonchev–Trinajstić information content (AvgIpc) is 2.55. The van der Waals surface area contributed by atoms with E-state index in [1.54, 1.807) is 6.08 Å². The van der Waals surface area contributed by atoms with Gasteiger partial charge in [0.05, 0.1) is 18.8 Å². The number of hydrogen-bond donors (Lipinski definition) is 3. The van der Waals surface area contributed by atoms with Crippen molar-refractivity contribution in [2.45, 2.75) is 96.6 Å². The largest absolute Gasteiger partial charge is 0.394 e. The minimum atomic E-state index is -0.825. The lowest BCUT2D eigenvalue weighted by Gasteiger charge is -2.19. The molecule has 0 saturated carbocycles. The SMILES string of the molecule is CCC/C=C/C(O)C(CO)NC(=O)CCCCCCCCCC. The van der Waals surface area contributed by atoms with E-state index in [4.69, 9.17) is 0 Å². The summed E-state index contributed by atoms with van der Waals surface area (Å²) in [5.41, 5.74) is 0. The van der Waals surface area contributed by atoms with Crippen LogP contribution in [-0.2, 0) is 4.79 Å². The summed E-state index contributed by atoms with van der Waals surface area (Å²) < 4.78 is 0.